The van der Waals surface area contributed by atoms with E-state index in [1.165, 1.54) is 6.07 Å². The molecule has 6 nitrogen and oxygen atoms in total. The van der Waals surface area contributed by atoms with Crippen LogP contribution >= 0.6 is 0 Å². The van der Waals surface area contributed by atoms with E-state index >= 15 is 0 Å². The average Bonchev–Trinajstić information content (AvgIpc) is 2.99. The van der Waals surface area contributed by atoms with Gasteiger partial charge in [-0.1, -0.05) is 24.8 Å². The third-order valence-corrected chi connectivity index (χ3v) is 3.78. The number of alkyl halides is 2. The molecule has 2 N–H and O–H groups in total. The van der Waals surface area contributed by atoms with Crippen LogP contribution < -0.4 is 10.6 Å². The number of para-hydroxylation sites is 1. The first-order chi connectivity index (χ1) is 13.0. The smallest absolute Gasteiger partial charge is 0.257 e. The number of halogens is 2. The Kier molecular flexibility index (Phi) is 5.25. The van der Waals surface area contributed by atoms with Crippen LogP contribution in [0.15, 0.2) is 61.2 Å². The molecule has 2 amide bonds. The molecule has 0 fully saturated rings. The Morgan fingerprint density at radius 2 is 1.93 bits per heavy atom. The number of aromatic nitrogens is 2. The van der Waals surface area contributed by atoms with Gasteiger partial charge in [-0.15, -0.1) is 0 Å². The van der Waals surface area contributed by atoms with Crippen LogP contribution in [0.1, 0.15) is 10.4 Å². The zero-order chi connectivity index (χ0) is 19.4. The number of amides is 2. The highest BCUT2D eigenvalue weighted by molar-refractivity contribution is 6.09. The Balaban J connectivity index is 1.87. The Bertz CT molecular complexity index is 1010. The van der Waals surface area contributed by atoms with Crippen molar-refractivity contribution in [2.24, 2.45) is 0 Å². The summed E-state index contributed by atoms with van der Waals surface area (Å²) in [5, 5.41) is 9.87. The van der Waals surface area contributed by atoms with Crippen LogP contribution in [0.25, 0.3) is 10.9 Å². The maximum absolute atomic E-state index is 12.8. The third kappa shape index (κ3) is 4.17. The van der Waals surface area contributed by atoms with Gasteiger partial charge in [-0.3, -0.25) is 14.3 Å². The van der Waals surface area contributed by atoms with Gasteiger partial charge in [0, 0.05) is 16.6 Å². The van der Waals surface area contributed by atoms with Gasteiger partial charge in [-0.2, -0.15) is 5.10 Å². The van der Waals surface area contributed by atoms with E-state index in [2.05, 4.69) is 22.3 Å². The number of anilines is 2. The van der Waals surface area contributed by atoms with Crippen LogP contribution in [0.2, 0.25) is 0 Å². The Labute approximate surface area is 153 Å². The second kappa shape index (κ2) is 7.77. The molecule has 8 heteroatoms. The van der Waals surface area contributed by atoms with Gasteiger partial charge in [0.1, 0.15) is 6.54 Å². The maximum atomic E-state index is 12.8. The van der Waals surface area contributed by atoms with Crippen molar-refractivity contribution in [3.05, 3.63) is 66.7 Å². The van der Waals surface area contributed by atoms with Gasteiger partial charge in [0.15, 0.2) is 5.82 Å². The second-order valence-corrected chi connectivity index (χ2v) is 5.67. The quantitative estimate of drug-likeness (QED) is 0.650. The van der Waals surface area contributed by atoms with Crippen molar-refractivity contribution in [2.45, 2.75) is 13.0 Å². The number of rotatable bonds is 6. The molecule has 0 saturated heterocycles. The predicted octanol–water partition coefficient (Wildman–Crippen LogP) is 3.68. The summed E-state index contributed by atoms with van der Waals surface area (Å²) in [4.78, 5) is 23.9. The fourth-order valence-corrected chi connectivity index (χ4v) is 2.60. The van der Waals surface area contributed by atoms with Crippen LogP contribution in [-0.2, 0) is 11.3 Å². The summed E-state index contributed by atoms with van der Waals surface area (Å²) in [6, 6.07) is 13.1. The Hall–Kier alpha value is -3.55. The second-order valence-electron chi connectivity index (χ2n) is 5.67. The molecule has 0 aliphatic carbocycles. The number of nitrogens with zero attached hydrogens (tertiary/aromatic N) is 2. The van der Waals surface area contributed by atoms with Crippen molar-refractivity contribution in [3.63, 3.8) is 0 Å². The van der Waals surface area contributed by atoms with Crippen LogP contribution in [-0.4, -0.2) is 28.0 Å². The molecule has 0 aliphatic heterocycles. The summed E-state index contributed by atoms with van der Waals surface area (Å²) >= 11 is 0. The molecule has 0 bridgehead atoms. The highest BCUT2D eigenvalue weighted by Crippen LogP contribution is 2.24. The highest BCUT2D eigenvalue weighted by Gasteiger charge is 2.16. The molecule has 0 atom stereocenters. The molecule has 1 heterocycles. The summed E-state index contributed by atoms with van der Waals surface area (Å²) in [6.07, 6.45) is -1.45. The lowest BCUT2D eigenvalue weighted by molar-refractivity contribution is -0.111. The SMILES string of the molecule is C=CC(=O)Nc1cccc(C(=O)Nc2nn(CC(F)F)c3ccccc23)c1. The summed E-state index contributed by atoms with van der Waals surface area (Å²) in [5.74, 6) is -0.682. The zero-order valence-electron chi connectivity index (χ0n) is 14.2. The normalized spacial score (nSPS) is 10.8. The molecule has 1 aromatic heterocycles. The predicted molar refractivity (Wildman–Crippen MR) is 99.0 cm³/mol. The van der Waals surface area contributed by atoms with Crippen LogP contribution in [0.3, 0.4) is 0 Å². The topological polar surface area (TPSA) is 76.0 Å². The van der Waals surface area contributed by atoms with Crippen LogP contribution in [0.5, 0.6) is 0 Å². The van der Waals surface area contributed by atoms with E-state index < -0.39 is 24.8 Å². The molecular weight excluding hydrogens is 354 g/mol. The van der Waals surface area contributed by atoms with Crippen LogP contribution in [0, 0.1) is 0 Å². The average molecular weight is 370 g/mol. The molecule has 0 spiro atoms. The van der Waals surface area contributed by atoms with Gasteiger partial charge < -0.3 is 10.6 Å². The first kappa shape index (κ1) is 18.2. The first-order valence-corrected chi connectivity index (χ1v) is 8.06. The number of carbonyl (C=O) groups is 2. The molecule has 0 radical (unpaired) electrons. The lowest BCUT2D eigenvalue weighted by atomic mass is 10.2. The van der Waals surface area contributed by atoms with Gasteiger partial charge >= 0.3 is 0 Å². The molecule has 2 aromatic carbocycles. The molecule has 0 unspecified atom stereocenters. The molecule has 0 aliphatic rings. The van der Waals surface area contributed by atoms with E-state index in [0.717, 1.165) is 10.8 Å². The van der Waals surface area contributed by atoms with Crippen molar-refractivity contribution >= 4 is 34.2 Å². The van der Waals surface area contributed by atoms with Gasteiger partial charge in [0.05, 0.1) is 5.52 Å². The van der Waals surface area contributed by atoms with Gasteiger partial charge in [0.25, 0.3) is 12.3 Å². The molecule has 138 valence electrons. The Morgan fingerprint density at radius 3 is 2.67 bits per heavy atom. The number of hydrogen-bond acceptors (Lipinski definition) is 3. The van der Waals surface area contributed by atoms with E-state index in [0.29, 0.717) is 16.6 Å². The molecule has 3 aromatic rings. The summed E-state index contributed by atoms with van der Waals surface area (Å²) in [7, 11) is 0. The fourth-order valence-electron chi connectivity index (χ4n) is 2.60. The van der Waals surface area contributed by atoms with E-state index in [9.17, 15) is 18.4 Å². The number of fused-ring (bicyclic) bond motifs is 1. The van der Waals surface area contributed by atoms with E-state index in [1.54, 1.807) is 42.5 Å². The summed E-state index contributed by atoms with van der Waals surface area (Å²) < 4.78 is 26.7. The van der Waals surface area contributed by atoms with Crippen molar-refractivity contribution in [2.75, 3.05) is 10.6 Å². The van der Waals surface area contributed by atoms with Crippen molar-refractivity contribution in [1.82, 2.24) is 9.78 Å². The van der Waals surface area contributed by atoms with Crippen molar-refractivity contribution in [1.29, 1.82) is 0 Å². The third-order valence-electron chi connectivity index (χ3n) is 3.78. The minimum absolute atomic E-state index is 0.191. The maximum Gasteiger partial charge on any atom is 0.257 e. The van der Waals surface area contributed by atoms with E-state index in [1.807, 2.05) is 0 Å². The monoisotopic (exact) mass is 370 g/mol. The number of nitrogens with one attached hydrogen (secondary N) is 2. The van der Waals surface area contributed by atoms with Crippen LogP contribution in [0.4, 0.5) is 20.3 Å². The molecule has 3 rings (SSSR count). The molecule has 27 heavy (non-hydrogen) atoms. The number of hydrogen-bond donors (Lipinski definition) is 2. The Morgan fingerprint density at radius 1 is 1.15 bits per heavy atom. The summed E-state index contributed by atoms with van der Waals surface area (Å²) in [5.41, 5.74) is 1.21. The number of benzene rings is 2. The largest absolute Gasteiger partial charge is 0.323 e. The van der Waals surface area contributed by atoms with Gasteiger partial charge in [0.2, 0.25) is 5.91 Å². The lowest BCUT2D eigenvalue weighted by Crippen LogP contribution is -2.14. The highest BCUT2D eigenvalue weighted by atomic mass is 19.3. The van der Waals surface area contributed by atoms with Gasteiger partial charge in [-0.25, -0.2) is 8.78 Å². The molecular formula is C19H16F2N4O2. The van der Waals surface area contributed by atoms with Crippen molar-refractivity contribution in [3.8, 4) is 0 Å². The molecule has 0 saturated carbocycles. The standard InChI is InChI=1S/C19H16F2N4O2/c1-2-17(26)22-13-7-5-6-12(10-13)19(27)23-18-14-8-3-4-9-15(14)25(24-18)11-16(20)21/h2-10,16H,1,11H2,(H,22,26)(H,23,24,27). The first-order valence-electron chi connectivity index (χ1n) is 8.06. The minimum atomic E-state index is -2.57. The van der Waals surface area contributed by atoms with E-state index in [-0.39, 0.29) is 11.4 Å². The van der Waals surface area contributed by atoms with Crippen molar-refractivity contribution < 1.29 is 18.4 Å². The zero-order valence-corrected chi connectivity index (χ0v) is 14.2. The summed E-state index contributed by atoms with van der Waals surface area (Å²) in [6.45, 7) is 2.80. The number of carbonyl (C=O) groups excluding carboxylic acids is 2. The van der Waals surface area contributed by atoms with E-state index in [4.69, 9.17) is 0 Å². The van der Waals surface area contributed by atoms with Gasteiger partial charge in [-0.05, 0) is 36.4 Å². The fraction of sp³-hybridized carbons (Fsp3) is 0.105. The minimum Gasteiger partial charge on any atom is -0.323 e. The lowest BCUT2D eigenvalue weighted by Gasteiger charge is -2.06.